The van der Waals surface area contributed by atoms with Crippen molar-refractivity contribution < 1.29 is 10.2 Å². The summed E-state index contributed by atoms with van der Waals surface area (Å²) >= 11 is 0. The molecular formula is C23H26N4O2. The molecule has 6 nitrogen and oxygen atoms in total. The van der Waals surface area contributed by atoms with E-state index in [2.05, 4.69) is 27.3 Å². The Labute approximate surface area is 170 Å². The molecule has 1 saturated heterocycles. The van der Waals surface area contributed by atoms with Crippen LogP contribution < -0.4 is 0 Å². The fourth-order valence-electron chi connectivity index (χ4n) is 4.77. The molecular weight excluding hydrogens is 364 g/mol. The van der Waals surface area contributed by atoms with E-state index in [1.807, 2.05) is 41.2 Å². The van der Waals surface area contributed by atoms with Crippen molar-refractivity contribution in [3.05, 3.63) is 77.1 Å². The molecule has 0 spiro atoms. The Morgan fingerprint density at radius 3 is 2.66 bits per heavy atom. The first-order valence-electron chi connectivity index (χ1n) is 10.4. The van der Waals surface area contributed by atoms with Crippen LogP contribution in [0.1, 0.15) is 53.3 Å². The van der Waals surface area contributed by atoms with E-state index < -0.39 is 6.10 Å². The highest BCUT2D eigenvalue weighted by molar-refractivity contribution is 5.35. The van der Waals surface area contributed by atoms with Crippen LogP contribution in [0.5, 0.6) is 5.75 Å². The summed E-state index contributed by atoms with van der Waals surface area (Å²) < 4.78 is 1.83. The van der Waals surface area contributed by atoms with E-state index in [1.165, 1.54) is 11.1 Å². The zero-order valence-electron chi connectivity index (χ0n) is 16.4. The minimum atomic E-state index is -0.529. The molecule has 1 fully saturated rings. The molecule has 1 aromatic heterocycles. The molecule has 1 aliphatic carbocycles. The first kappa shape index (κ1) is 18.3. The highest BCUT2D eigenvalue weighted by Gasteiger charge is 2.33. The summed E-state index contributed by atoms with van der Waals surface area (Å²) in [5.74, 6) is 0.846. The zero-order chi connectivity index (χ0) is 19.8. The molecule has 0 bridgehead atoms. The number of aliphatic hydroxyl groups is 1. The summed E-state index contributed by atoms with van der Waals surface area (Å²) in [6.07, 6.45) is 4.40. The van der Waals surface area contributed by atoms with Crippen molar-refractivity contribution in [3.8, 4) is 5.75 Å². The summed E-state index contributed by atoms with van der Waals surface area (Å²) in [6.45, 7) is 2.79. The average Bonchev–Trinajstić information content (AvgIpc) is 3.33. The molecule has 0 amide bonds. The smallest absolute Gasteiger partial charge is 0.115 e. The number of nitrogens with zero attached hydrogens (tertiary/aromatic N) is 4. The number of aromatic hydroxyl groups is 1. The molecule has 2 aromatic carbocycles. The molecule has 3 aromatic rings. The van der Waals surface area contributed by atoms with Crippen LogP contribution in [0.15, 0.2) is 54.7 Å². The van der Waals surface area contributed by atoms with Gasteiger partial charge in [-0.1, -0.05) is 41.6 Å². The van der Waals surface area contributed by atoms with Crippen molar-refractivity contribution >= 4 is 0 Å². The lowest BCUT2D eigenvalue weighted by molar-refractivity contribution is 0.120. The number of aliphatic hydroxyl groups excluding tert-OH is 1. The monoisotopic (exact) mass is 390 g/mol. The second-order valence-corrected chi connectivity index (χ2v) is 8.25. The molecule has 2 atom stereocenters. The van der Waals surface area contributed by atoms with Gasteiger partial charge in [0.05, 0.1) is 17.9 Å². The molecule has 0 radical (unpaired) electrons. The Hall–Kier alpha value is -2.70. The van der Waals surface area contributed by atoms with Gasteiger partial charge >= 0.3 is 0 Å². The van der Waals surface area contributed by atoms with Crippen molar-refractivity contribution in [1.82, 2.24) is 19.9 Å². The summed E-state index contributed by atoms with van der Waals surface area (Å²) in [4.78, 5) is 2.41. The number of hydrogen-bond acceptors (Lipinski definition) is 5. The minimum Gasteiger partial charge on any atom is -0.508 e. The first-order valence-corrected chi connectivity index (χ1v) is 10.4. The number of benzene rings is 2. The van der Waals surface area contributed by atoms with Gasteiger partial charge < -0.3 is 10.2 Å². The van der Waals surface area contributed by atoms with Crippen LogP contribution in [0.3, 0.4) is 0 Å². The van der Waals surface area contributed by atoms with E-state index in [0.717, 1.165) is 50.2 Å². The molecule has 5 rings (SSSR count). The molecule has 0 saturated carbocycles. The van der Waals surface area contributed by atoms with Gasteiger partial charge in [-0.15, -0.1) is 5.10 Å². The lowest BCUT2D eigenvalue weighted by Gasteiger charge is -2.31. The van der Waals surface area contributed by atoms with Gasteiger partial charge in [-0.25, -0.2) is 4.68 Å². The zero-order valence-corrected chi connectivity index (χ0v) is 16.4. The average molecular weight is 390 g/mol. The number of hydrogen-bond donors (Lipinski definition) is 2. The SMILES string of the molecule is Oc1cccc(C2CCN(Cc3cn([C@@H]4Cc5ccccc5[C@@H]4O)nn3)CC2)c1. The number of rotatable bonds is 4. The van der Waals surface area contributed by atoms with Gasteiger partial charge in [0.1, 0.15) is 11.9 Å². The summed E-state index contributed by atoms with van der Waals surface area (Å²) in [5, 5.41) is 29.1. The lowest BCUT2D eigenvalue weighted by atomic mass is 9.89. The van der Waals surface area contributed by atoms with Gasteiger partial charge in [-0.2, -0.15) is 0 Å². The summed E-state index contributed by atoms with van der Waals surface area (Å²) in [5.41, 5.74) is 4.37. The van der Waals surface area contributed by atoms with E-state index in [4.69, 9.17) is 0 Å². The highest BCUT2D eigenvalue weighted by atomic mass is 16.3. The number of aromatic nitrogens is 3. The number of phenols is 1. The third kappa shape index (κ3) is 3.66. The first-order chi connectivity index (χ1) is 14.2. The quantitative estimate of drug-likeness (QED) is 0.716. The Bertz CT molecular complexity index is 994. The molecule has 2 heterocycles. The second-order valence-electron chi connectivity index (χ2n) is 8.25. The predicted molar refractivity (Wildman–Crippen MR) is 110 cm³/mol. The van der Waals surface area contributed by atoms with E-state index in [-0.39, 0.29) is 6.04 Å². The van der Waals surface area contributed by atoms with Crippen LogP contribution in [-0.4, -0.2) is 43.2 Å². The van der Waals surface area contributed by atoms with E-state index in [1.54, 1.807) is 6.07 Å². The molecule has 6 heteroatoms. The van der Waals surface area contributed by atoms with Gasteiger partial charge in [0.25, 0.3) is 0 Å². The van der Waals surface area contributed by atoms with Gasteiger partial charge in [-0.3, -0.25) is 4.90 Å². The predicted octanol–water partition coefficient (Wildman–Crippen LogP) is 3.19. The van der Waals surface area contributed by atoms with E-state index in [0.29, 0.717) is 11.7 Å². The molecule has 2 aliphatic rings. The standard InChI is InChI=1S/C23H26N4O2/c28-20-6-3-5-17(12-20)16-8-10-26(11-9-16)14-19-15-27(25-24-19)22-13-18-4-1-2-7-21(18)23(22)29/h1-7,12,15-16,22-23,28-29H,8-11,13-14H2/t22-,23+/m1/s1. The molecule has 150 valence electrons. The number of piperidine rings is 1. The topological polar surface area (TPSA) is 74.4 Å². The van der Waals surface area contributed by atoms with Gasteiger partial charge in [0, 0.05) is 6.54 Å². The van der Waals surface area contributed by atoms with Crippen LogP contribution in [0.4, 0.5) is 0 Å². The third-order valence-corrected chi connectivity index (χ3v) is 6.38. The lowest BCUT2D eigenvalue weighted by Crippen LogP contribution is -2.32. The Morgan fingerprint density at radius 2 is 1.86 bits per heavy atom. The van der Waals surface area contributed by atoms with Crippen molar-refractivity contribution in [2.75, 3.05) is 13.1 Å². The van der Waals surface area contributed by atoms with E-state index >= 15 is 0 Å². The number of fused-ring (bicyclic) bond motifs is 1. The summed E-state index contributed by atoms with van der Waals surface area (Å²) in [7, 11) is 0. The molecule has 1 aliphatic heterocycles. The van der Waals surface area contributed by atoms with Crippen molar-refractivity contribution in [3.63, 3.8) is 0 Å². The number of phenolic OH excluding ortho intramolecular Hbond substituents is 1. The fourth-order valence-corrected chi connectivity index (χ4v) is 4.77. The van der Waals surface area contributed by atoms with Gasteiger partial charge in [0.2, 0.25) is 0 Å². The van der Waals surface area contributed by atoms with E-state index in [9.17, 15) is 10.2 Å². The van der Waals surface area contributed by atoms with Crippen LogP contribution in [-0.2, 0) is 13.0 Å². The Balaban J connectivity index is 1.20. The van der Waals surface area contributed by atoms with Gasteiger partial charge in [-0.05, 0) is 67.1 Å². The largest absolute Gasteiger partial charge is 0.508 e. The fraction of sp³-hybridized carbons (Fsp3) is 0.391. The normalized spacial score (nSPS) is 22.7. The maximum Gasteiger partial charge on any atom is 0.115 e. The second kappa shape index (κ2) is 7.61. The Morgan fingerprint density at radius 1 is 1.03 bits per heavy atom. The van der Waals surface area contributed by atoms with Crippen molar-refractivity contribution in [2.24, 2.45) is 0 Å². The Kier molecular flexibility index (Phi) is 4.81. The van der Waals surface area contributed by atoms with Crippen LogP contribution >= 0.6 is 0 Å². The third-order valence-electron chi connectivity index (χ3n) is 6.38. The maximum atomic E-state index is 10.7. The molecule has 2 N–H and O–H groups in total. The summed E-state index contributed by atoms with van der Waals surface area (Å²) in [6, 6.07) is 15.6. The minimum absolute atomic E-state index is 0.0786. The number of likely N-dealkylation sites (tertiary alicyclic amines) is 1. The molecule has 0 unspecified atom stereocenters. The van der Waals surface area contributed by atoms with Crippen LogP contribution in [0.2, 0.25) is 0 Å². The molecule has 29 heavy (non-hydrogen) atoms. The highest BCUT2D eigenvalue weighted by Crippen LogP contribution is 2.38. The van der Waals surface area contributed by atoms with Crippen molar-refractivity contribution in [2.45, 2.75) is 43.9 Å². The maximum absolute atomic E-state index is 10.7. The van der Waals surface area contributed by atoms with Crippen molar-refractivity contribution in [1.29, 1.82) is 0 Å². The van der Waals surface area contributed by atoms with Crippen LogP contribution in [0, 0.1) is 0 Å². The van der Waals surface area contributed by atoms with Gasteiger partial charge in [0.15, 0.2) is 0 Å². The van der Waals surface area contributed by atoms with Crippen LogP contribution in [0.25, 0.3) is 0 Å².